The first-order chi connectivity index (χ1) is 5.88. The number of hydrogen-bond donors (Lipinski definition) is 1. The van der Waals surface area contributed by atoms with Gasteiger partial charge in [0.25, 0.3) is 0 Å². The third-order valence-electron chi connectivity index (χ3n) is 1.39. The van der Waals surface area contributed by atoms with Crippen molar-refractivity contribution in [2.45, 2.75) is 5.16 Å². The van der Waals surface area contributed by atoms with Crippen LogP contribution in [0.5, 0.6) is 0 Å². The number of aromatic nitrogens is 4. The monoisotopic (exact) mass is 177 g/mol. The van der Waals surface area contributed by atoms with Crippen molar-refractivity contribution in [1.82, 2.24) is 20.2 Å². The average molecular weight is 177 g/mol. The Kier molecular flexibility index (Phi) is 1.79. The summed E-state index contributed by atoms with van der Waals surface area (Å²) in [5, 5.41) is 11.3. The molecule has 0 saturated carbocycles. The van der Waals surface area contributed by atoms with Gasteiger partial charge in [-0.25, -0.2) is 0 Å². The zero-order valence-corrected chi connectivity index (χ0v) is 6.94. The lowest BCUT2D eigenvalue weighted by Crippen LogP contribution is -1.96. The van der Waals surface area contributed by atoms with E-state index in [0.29, 0.717) is 5.16 Å². The maximum atomic E-state index is 4.07. The first-order valence-corrected chi connectivity index (χ1v) is 3.76. The summed E-state index contributed by atoms with van der Waals surface area (Å²) in [6, 6.07) is 10.3. The fraction of sp³-hybridized carbons (Fsp3) is 0. The van der Waals surface area contributed by atoms with Gasteiger partial charge in [0, 0.05) is 0 Å². The summed E-state index contributed by atoms with van der Waals surface area (Å²) in [5.41, 5.74) is 0.854. The van der Waals surface area contributed by atoms with Crippen LogP contribution in [0.4, 0.5) is 0 Å². The largest absolute Gasteiger partial charge is 0.211 e. The molecule has 59 valence electrons. The van der Waals surface area contributed by atoms with Gasteiger partial charge in [-0.3, -0.25) is 0 Å². The van der Waals surface area contributed by atoms with Gasteiger partial charge in [-0.05, 0) is 28.6 Å². The number of thiol groups is 1. The van der Waals surface area contributed by atoms with E-state index in [1.54, 1.807) is 6.07 Å². The molecule has 0 aliphatic carbocycles. The molecule has 2 aromatic rings. The van der Waals surface area contributed by atoms with E-state index in [-0.39, 0.29) is 0 Å². The van der Waals surface area contributed by atoms with Crippen molar-refractivity contribution in [3.63, 3.8) is 0 Å². The smallest absolute Gasteiger partial charge is 0.188 e. The van der Waals surface area contributed by atoms with Crippen LogP contribution in [0.15, 0.2) is 29.4 Å². The molecular weight excluding hydrogens is 172 g/mol. The molecule has 1 radical (unpaired) electrons. The predicted molar refractivity (Wildman–Crippen MR) is 45.2 cm³/mol. The molecular formula is C7H5N4S. The molecule has 0 atom stereocenters. The molecule has 0 bridgehead atoms. The van der Waals surface area contributed by atoms with Gasteiger partial charge in [-0.1, -0.05) is 12.1 Å². The lowest BCUT2D eigenvalue weighted by atomic mass is 10.3. The number of benzene rings is 1. The standard InChI is InChI=1S/C7H5N4S/c12-7-8-9-10-11(7)6-4-2-1-3-5-6/h1-2,4-5H,(H,8,10,12). The summed E-state index contributed by atoms with van der Waals surface area (Å²) < 4.78 is 1.53. The van der Waals surface area contributed by atoms with E-state index < -0.39 is 0 Å². The minimum atomic E-state index is 0.467. The fourth-order valence-electron chi connectivity index (χ4n) is 0.865. The number of nitrogens with zero attached hydrogens (tertiary/aromatic N) is 4. The molecule has 1 aromatic carbocycles. The van der Waals surface area contributed by atoms with E-state index in [1.165, 1.54) is 4.68 Å². The lowest BCUT2D eigenvalue weighted by molar-refractivity contribution is 0.758. The van der Waals surface area contributed by atoms with E-state index in [0.717, 1.165) is 5.69 Å². The number of rotatable bonds is 1. The molecule has 0 unspecified atom stereocenters. The van der Waals surface area contributed by atoms with E-state index in [4.69, 9.17) is 0 Å². The molecule has 0 amide bonds. The summed E-state index contributed by atoms with van der Waals surface area (Å²) in [6.45, 7) is 0. The molecule has 1 heterocycles. The highest BCUT2D eigenvalue weighted by Gasteiger charge is 2.01. The van der Waals surface area contributed by atoms with E-state index in [1.807, 2.05) is 18.2 Å². The summed E-state index contributed by atoms with van der Waals surface area (Å²) in [6.07, 6.45) is 0. The molecule has 0 saturated heterocycles. The van der Waals surface area contributed by atoms with Gasteiger partial charge in [-0.2, -0.15) is 4.68 Å². The summed E-state index contributed by atoms with van der Waals surface area (Å²) >= 11 is 4.07. The van der Waals surface area contributed by atoms with Gasteiger partial charge in [0.1, 0.15) is 0 Å². The zero-order valence-electron chi connectivity index (χ0n) is 6.05. The first-order valence-electron chi connectivity index (χ1n) is 3.32. The van der Waals surface area contributed by atoms with Gasteiger partial charge in [-0.15, -0.1) is 17.7 Å². The summed E-state index contributed by atoms with van der Waals surface area (Å²) in [5.74, 6) is 0. The molecule has 0 aliphatic heterocycles. The van der Waals surface area contributed by atoms with Crippen LogP contribution in [0, 0.1) is 6.07 Å². The molecule has 5 heteroatoms. The van der Waals surface area contributed by atoms with Crippen molar-refractivity contribution < 1.29 is 0 Å². The van der Waals surface area contributed by atoms with E-state index >= 15 is 0 Å². The molecule has 0 aliphatic rings. The molecule has 1 aromatic heterocycles. The van der Waals surface area contributed by atoms with Crippen LogP contribution in [0.3, 0.4) is 0 Å². The minimum Gasteiger partial charge on any atom is -0.188 e. The van der Waals surface area contributed by atoms with Gasteiger partial charge >= 0.3 is 0 Å². The highest BCUT2D eigenvalue weighted by atomic mass is 32.1. The second-order valence-electron chi connectivity index (χ2n) is 2.15. The molecule has 4 nitrogen and oxygen atoms in total. The molecule has 0 spiro atoms. The van der Waals surface area contributed by atoms with Crippen LogP contribution in [-0.4, -0.2) is 20.2 Å². The molecule has 2 rings (SSSR count). The van der Waals surface area contributed by atoms with Crippen molar-refractivity contribution in [3.8, 4) is 5.69 Å². The Morgan fingerprint density at radius 2 is 2.42 bits per heavy atom. The second-order valence-corrected chi connectivity index (χ2v) is 2.55. The first kappa shape index (κ1) is 7.30. The topological polar surface area (TPSA) is 43.6 Å². The van der Waals surface area contributed by atoms with Crippen molar-refractivity contribution in [2.75, 3.05) is 0 Å². The van der Waals surface area contributed by atoms with Crippen LogP contribution < -0.4 is 0 Å². The molecule has 0 fully saturated rings. The Morgan fingerprint density at radius 1 is 1.50 bits per heavy atom. The van der Waals surface area contributed by atoms with Crippen molar-refractivity contribution in [2.24, 2.45) is 0 Å². The van der Waals surface area contributed by atoms with E-state index in [9.17, 15) is 0 Å². The lowest BCUT2D eigenvalue weighted by Gasteiger charge is -1.97. The second kappa shape index (κ2) is 2.94. The maximum absolute atomic E-state index is 4.07. The molecule has 0 N–H and O–H groups in total. The van der Waals surface area contributed by atoms with Gasteiger partial charge in [0.15, 0.2) is 0 Å². The average Bonchev–Trinajstić information content (AvgIpc) is 2.53. The zero-order chi connectivity index (χ0) is 8.39. The Morgan fingerprint density at radius 3 is 3.00 bits per heavy atom. The van der Waals surface area contributed by atoms with Crippen molar-refractivity contribution in [3.05, 3.63) is 30.3 Å². The fourth-order valence-corrected chi connectivity index (χ4v) is 1.06. The van der Waals surface area contributed by atoms with Crippen LogP contribution >= 0.6 is 12.6 Å². The van der Waals surface area contributed by atoms with E-state index in [2.05, 4.69) is 34.2 Å². The Bertz CT molecular complexity index is 370. The Balaban J connectivity index is 2.51. The highest BCUT2D eigenvalue weighted by molar-refractivity contribution is 7.80. The van der Waals surface area contributed by atoms with Crippen LogP contribution in [0.1, 0.15) is 0 Å². The van der Waals surface area contributed by atoms with Crippen molar-refractivity contribution >= 4 is 12.6 Å². The highest BCUT2D eigenvalue weighted by Crippen LogP contribution is 2.08. The number of hydrogen-bond acceptors (Lipinski definition) is 4. The third-order valence-corrected chi connectivity index (χ3v) is 1.67. The number of tetrazole rings is 1. The Labute approximate surface area is 74.6 Å². The van der Waals surface area contributed by atoms with Gasteiger partial charge in [0.05, 0.1) is 5.69 Å². The summed E-state index contributed by atoms with van der Waals surface area (Å²) in [7, 11) is 0. The van der Waals surface area contributed by atoms with Gasteiger partial charge < -0.3 is 0 Å². The molecule has 12 heavy (non-hydrogen) atoms. The third kappa shape index (κ3) is 1.18. The summed E-state index contributed by atoms with van der Waals surface area (Å²) in [4.78, 5) is 0. The van der Waals surface area contributed by atoms with Gasteiger partial charge in [0.2, 0.25) is 5.16 Å². The quantitative estimate of drug-likeness (QED) is 0.654. The normalized spacial score (nSPS) is 10.1. The van der Waals surface area contributed by atoms with Crippen molar-refractivity contribution in [1.29, 1.82) is 0 Å². The SMILES string of the molecule is Sc1nnnn1-c1c[c]ccc1. The maximum Gasteiger partial charge on any atom is 0.211 e. The van der Waals surface area contributed by atoms with Crippen LogP contribution in [0.2, 0.25) is 0 Å². The van der Waals surface area contributed by atoms with Crippen LogP contribution in [-0.2, 0) is 0 Å². The Hall–Kier alpha value is -1.36. The minimum absolute atomic E-state index is 0.467. The predicted octanol–water partition coefficient (Wildman–Crippen LogP) is 0.751. The van der Waals surface area contributed by atoms with Crippen LogP contribution in [0.25, 0.3) is 5.69 Å².